The Balaban J connectivity index is 1.91. The third-order valence-corrected chi connectivity index (χ3v) is 5.15. The minimum atomic E-state index is -0.739. The normalized spacial score (nSPS) is 16.8. The van der Waals surface area contributed by atoms with Crippen LogP contribution in [-0.4, -0.2) is 31.9 Å². The van der Waals surface area contributed by atoms with Crippen molar-refractivity contribution in [1.29, 1.82) is 0 Å². The molecule has 0 unspecified atom stereocenters. The van der Waals surface area contributed by atoms with Gasteiger partial charge >= 0.3 is 6.03 Å². The summed E-state index contributed by atoms with van der Waals surface area (Å²) in [7, 11) is 3.86. The average Bonchev–Trinajstić information content (AvgIpc) is 2.71. The van der Waals surface area contributed by atoms with Crippen LogP contribution in [0, 0.1) is 0 Å². The Hall–Kier alpha value is -3.41. The van der Waals surface area contributed by atoms with E-state index in [-0.39, 0.29) is 5.57 Å². The number of urea groups is 1. The molecule has 1 N–H and O–H groups in total. The van der Waals surface area contributed by atoms with Crippen molar-refractivity contribution in [2.75, 3.05) is 23.9 Å². The first-order chi connectivity index (χ1) is 13.8. The van der Waals surface area contributed by atoms with Crippen LogP contribution < -0.4 is 15.1 Å². The third-order valence-electron chi connectivity index (χ3n) is 5.15. The zero-order chi connectivity index (χ0) is 21.1. The van der Waals surface area contributed by atoms with E-state index >= 15 is 0 Å². The smallest absolute Gasteiger partial charge is 0.335 e. The van der Waals surface area contributed by atoms with E-state index in [1.165, 1.54) is 6.08 Å². The van der Waals surface area contributed by atoms with Crippen LogP contribution in [-0.2, 0) is 9.59 Å². The maximum absolute atomic E-state index is 13.0. The van der Waals surface area contributed by atoms with Crippen molar-refractivity contribution >= 4 is 35.3 Å². The lowest BCUT2D eigenvalue weighted by atomic mass is 9.98. The van der Waals surface area contributed by atoms with Crippen molar-refractivity contribution in [3.05, 3.63) is 65.2 Å². The van der Waals surface area contributed by atoms with Crippen LogP contribution in [0.15, 0.2) is 54.1 Å². The van der Waals surface area contributed by atoms with E-state index < -0.39 is 17.8 Å². The predicted octanol–water partition coefficient (Wildman–Crippen LogP) is 3.93. The van der Waals surface area contributed by atoms with Gasteiger partial charge in [0.05, 0.1) is 5.69 Å². The van der Waals surface area contributed by atoms with Gasteiger partial charge in [-0.05, 0) is 53.8 Å². The molecule has 1 atom stereocenters. The van der Waals surface area contributed by atoms with Crippen molar-refractivity contribution in [3.63, 3.8) is 0 Å². The molecule has 1 fully saturated rings. The van der Waals surface area contributed by atoms with E-state index in [0.29, 0.717) is 17.2 Å². The maximum Gasteiger partial charge on any atom is 0.335 e. The fourth-order valence-corrected chi connectivity index (χ4v) is 3.11. The number of hydrogen-bond acceptors (Lipinski definition) is 4. The number of imide groups is 2. The van der Waals surface area contributed by atoms with Gasteiger partial charge in [0.15, 0.2) is 0 Å². The highest BCUT2D eigenvalue weighted by Crippen LogP contribution is 2.26. The number of carbonyl (C=O) groups is 3. The molecule has 0 aromatic heterocycles. The Bertz CT molecular complexity index is 960. The molecule has 29 heavy (non-hydrogen) atoms. The van der Waals surface area contributed by atoms with Crippen LogP contribution in [0.5, 0.6) is 0 Å². The van der Waals surface area contributed by atoms with Gasteiger partial charge in [-0.15, -0.1) is 0 Å². The summed E-state index contributed by atoms with van der Waals surface area (Å²) in [6.07, 6.45) is 2.50. The molecule has 6 nitrogen and oxygen atoms in total. The number of rotatable bonds is 5. The number of anilines is 2. The summed E-state index contributed by atoms with van der Waals surface area (Å²) in [5.41, 5.74) is 3.20. The molecular formula is C23H25N3O3. The quantitative estimate of drug-likeness (QED) is 0.619. The minimum Gasteiger partial charge on any atom is -0.378 e. The molecule has 3 rings (SSSR count). The highest BCUT2D eigenvalue weighted by atomic mass is 16.2. The Labute approximate surface area is 170 Å². The third kappa shape index (κ3) is 4.21. The Morgan fingerprint density at radius 1 is 1.00 bits per heavy atom. The lowest BCUT2D eigenvalue weighted by Crippen LogP contribution is -2.54. The maximum atomic E-state index is 13.0. The SMILES string of the molecule is CC[C@@H](C)c1ccc(N2C(=O)NC(=O)/C(=C\c3ccc(N(C)C)cc3)C2=O)cc1. The second-order valence-corrected chi connectivity index (χ2v) is 7.34. The highest BCUT2D eigenvalue weighted by Gasteiger charge is 2.36. The van der Waals surface area contributed by atoms with Gasteiger partial charge in [0, 0.05) is 19.8 Å². The first-order valence-corrected chi connectivity index (χ1v) is 9.60. The molecular weight excluding hydrogens is 366 g/mol. The standard InChI is InChI=1S/C23H25N3O3/c1-5-15(2)17-8-12-19(13-9-17)26-22(28)20(21(27)24-23(26)29)14-16-6-10-18(11-7-16)25(3)4/h6-15H,5H2,1-4H3,(H,24,27,29)/b20-14+/t15-/m1/s1. The zero-order valence-corrected chi connectivity index (χ0v) is 17.1. The number of barbiturate groups is 1. The van der Waals surface area contributed by atoms with Crippen LogP contribution in [0.25, 0.3) is 6.08 Å². The molecule has 0 spiro atoms. The van der Waals surface area contributed by atoms with Gasteiger partial charge in [-0.2, -0.15) is 0 Å². The van der Waals surface area contributed by atoms with E-state index in [1.54, 1.807) is 12.1 Å². The monoisotopic (exact) mass is 391 g/mol. The molecule has 2 aromatic carbocycles. The van der Waals surface area contributed by atoms with Gasteiger partial charge in [0.1, 0.15) is 5.57 Å². The number of nitrogens with one attached hydrogen (secondary N) is 1. The molecule has 0 radical (unpaired) electrons. The molecule has 1 aliphatic heterocycles. The van der Waals surface area contributed by atoms with Gasteiger partial charge < -0.3 is 4.90 Å². The predicted molar refractivity (Wildman–Crippen MR) is 115 cm³/mol. The number of nitrogens with zero attached hydrogens (tertiary/aromatic N) is 2. The first kappa shape index (κ1) is 20.3. The fraction of sp³-hybridized carbons (Fsp3) is 0.261. The summed E-state index contributed by atoms with van der Waals surface area (Å²) in [4.78, 5) is 40.6. The summed E-state index contributed by atoms with van der Waals surface area (Å²) in [6.45, 7) is 4.22. The van der Waals surface area contributed by atoms with Gasteiger partial charge in [-0.3, -0.25) is 14.9 Å². The zero-order valence-electron chi connectivity index (χ0n) is 17.1. The van der Waals surface area contributed by atoms with E-state index in [4.69, 9.17) is 0 Å². The van der Waals surface area contributed by atoms with Gasteiger partial charge in [0.25, 0.3) is 11.8 Å². The number of benzene rings is 2. The van der Waals surface area contributed by atoms with Crippen molar-refractivity contribution in [2.45, 2.75) is 26.2 Å². The minimum absolute atomic E-state index is 0.0757. The van der Waals surface area contributed by atoms with E-state index in [9.17, 15) is 14.4 Å². The lowest BCUT2D eigenvalue weighted by Gasteiger charge is -2.26. The largest absolute Gasteiger partial charge is 0.378 e. The van der Waals surface area contributed by atoms with Gasteiger partial charge in [-0.25, -0.2) is 9.69 Å². The van der Waals surface area contributed by atoms with Crippen molar-refractivity contribution in [1.82, 2.24) is 5.32 Å². The van der Waals surface area contributed by atoms with Crippen LogP contribution in [0.3, 0.4) is 0 Å². The summed E-state index contributed by atoms with van der Waals surface area (Å²) < 4.78 is 0. The summed E-state index contributed by atoms with van der Waals surface area (Å²) in [6, 6.07) is 14.0. The Morgan fingerprint density at radius 2 is 1.62 bits per heavy atom. The van der Waals surface area contributed by atoms with E-state index in [2.05, 4.69) is 19.2 Å². The second kappa shape index (κ2) is 8.31. The Kier molecular flexibility index (Phi) is 5.82. The number of hydrogen-bond donors (Lipinski definition) is 1. The van der Waals surface area contributed by atoms with Gasteiger partial charge in [0.2, 0.25) is 0 Å². The second-order valence-electron chi connectivity index (χ2n) is 7.34. The van der Waals surface area contributed by atoms with Crippen LogP contribution >= 0.6 is 0 Å². The molecule has 0 aliphatic carbocycles. The van der Waals surface area contributed by atoms with E-state index in [1.807, 2.05) is 55.4 Å². The molecule has 0 bridgehead atoms. The summed E-state index contributed by atoms with van der Waals surface area (Å²) in [5.74, 6) is -0.937. The number of carbonyl (C=O) groups excluding carboxylic acids is 3. The van der Waals surface area contributed by atoms with Gasteiger partial charge in [-0.1, -0.05) is 38.1 Å². The molecule has 4 amide bonds. The van der Waals surface area contributed by atoms with Crippen molar-refractivity contribution in [2.24, 2.45) is 0 Å². The van der Waals surface area contributed by atoms with Crippen molar-refractivity contribution < 1.29 is 14.4 Å². The van der Waals surface area contributed by atoms with Crippen molar-refractivity contribution in [3.8, 4) is 0 Å². The first-order valence-electron chi connectivity index (χ1n) is 9.60. The summed E-state index contributed by atoms with van der Waals surface area (Å²) >= 11 is 0. The topological polar surface area (TPSA) is 69.7 Å². The molecule has 0 saturated carbocycles. The molecule has 1 saturated heterocycles. The van der Waals surface area contributed by atoms with Crippen LogP contribution in [0.2, 0.25) is 0 Å². The number of amides is 4. The molecule has 1 aliphatic rings. The molecule has 2 aromatic rings. The van der Waals surface area contributed by atoms with Crippen LogP contribution in [0.1, 0.15) is 37.3 Å². The average molecular weight is 391 g/mol. The summed E-state index contributed by atoms with van der Waals surface area (Å²) in [5, 5.41) is 2.26. The molecule has 1 heterocycles. The van der Waals surface area contributed by atoms with E-state index in [0.717, 1.165) is 22.6 Å². The fourth-order valence-electron chi connectivity index (χ4n) is 3.11. The Morgan fingerprint density at radius 3 is 2.17 bits per heavy atom. The highest BCUT2D eigenvalue weighted by molar-refractivity contribution is 6.39. The molecule has 150 valence electrons. The van der Waals surface area contributed by atoms with Crippen LogP contribution in [0.4, 0.5) is 16.2 Å². The molecule has 6 heteroatoms. The lowest BCUT2D eigenvalue weighted by molar-refractivity contribution is -0.122.